The molecule has 2 aromatic carbocycles. The van der Waals surface area contributed by atoms with Crippen LogP contribution in [-0.2, 0) is 0 Å². The molecule has 0 spiro atoms. The minimum atomic E-state index is -0.0826. The largest absolute Gasteiger partial charge is 0.351 e. The van der Waals surface area contributed by atoms with Crippen molar-refractivity contribution in [3.63, 3.8) is 0 Å². The zero-order valence-corrected chi connectivity index (χ0v) is 20.4. The average molecular weight is 473 g/mol. The lowest BCUT2D eigenvalue weighted by Crippen LogP contribution is -2.29. The van der Waals surface area contributed by atoms with Crippen LogP contribution in [0.1, 0.15) is 40.3 Å². The molecule has 0 aliphatic carbocycles. The van der Waals surface area contributed by atoms with Crippen LogP contribution >= 0.6 is 23.8 Å². The fourth-order valence-corrected chi connectivity index (χ4v) is 5.27. The second-order valence-corrected chi connectivity index (χ2v) is 9.30. The Labute approximate surface area is 204 Å². The van der Waals surface area contributed by atoms with Gasteiger partial charge in [-0.15, -0.1) is 0 Å². The molecule has 0 amide bonds. The highest BCUT2D eigenvalue weighted by atomic mass is 35.5. The zero-order valence-electron chi connectivity index (χ0n) is 18.8. The van der Waals surface area contributed by atoms with Gasteiger partial charge in [-0.3, -0.25) is 4.98 Å². The molecule has 0 saturated carbocycles. The van der Waals surface area contributed by atoms with Crippen molar-refractivity contribution >= 4 is 34.6 Å². The lowest BCUT2D eigenvalue weighted by Gasteiger charge is -2.28. The van der Waals surface area contributed by atoms with E-state index in [9.17, 15) is 0 Å². The van der Waals surface area contributed by atoms with E-state index in [1.807, 2.05) is 42.6 Å². The highest BCUT2D eigenvalue weighted by Crippen LogP contribution is 2.43. The first-order chi connectivity index (χ1) is 15.9. The highest BCUT2D eigenvalue weighted by molar-refractivity contribution is 7.80. The van der Waals surface area contributed by atoms with Crippen molar-refractivity contribution in [2.24, 2.45) is 0 Å². The topological polar surface area (TPSA) is 33.1 Å². The fraction of sp³-hybridized carbons (Fsp3) is 0.185. The number of hydrogen-bond donors (Lipinski definition) is 1. The summed E-state index contributed by atoms with van der Waals surface area (Å²) in [5.74, 6) is 0. The van der Waals surface area contributed by atoms with Crippen LogP contribution < -0.4 is 10.2 Å². The SMILES string of the molecule is Cc1cccc(-n2c(C)cc([C@@H]3[C@@H](c4ccccn4)NC(=S)N3c3ccc(Cl)cc3)c2C)c1. The molecule has 4 aromatic rings. The van der Waals surface area contributed by atoms with E-state index in [4.69, 9.17) is 23.8 Å². The summed E-state index contributed by atoms with van der Waals surface area (Å²) < 4.78 is 2.32. The molecule has 1 aliphatic heterocycles. The second kappa shape index (κ2) is 8.65. The maximum atomic E-state index is 6.18. The average Bonchev–Trinajstić information content (AvgIpc) is 3.30. The summed E-state index contributed by atoms with van der Waals surface area (Å²) in [4.78, 5) is 6.85. The highest BCUT2D eigenvalue weighted by Gasteiger charge is 2.42. The molecule has 3 heterocycles. The summed E-state index contributed by atoms with van der Waals surface area (Å²) >= 11 is 12.0. The number of halogens is 1. The van der Waals surface area contributed by atoms with Gasteiger partial charge in [-0.2, -0.15) is 0 Å². The predicted molar refractivity (Wildman–Crippen MR) is 139 cm³/mol. The number of aromatic nitrogens is 2. The molecular formula is C27H25ClN4S. The maximum Gasteiger partial charge on any atom is 0.174 e. The van der Waals surface area contributed by atoms with E-state index in [1.54, 1.807) is 0 Å². The number of hydrogen-bond acceptors (Lipinski definition) is 2. The van der Waals surface area contributed by atoms with Gasteiger partial charge in [0.1, 0.15) is 0 Å². The Morgan fingerprint density at radius 2 is 1.70 bits per heavy atom. The van der Waals surface area contributed by atoms with Gasteiger partial charge in [0.2, 0.25) is 0 Å². The van der Waals surface area contributed by atoms with Crippen molar-refractivity contribution in [1.29, 1.82) is 0 Å². The van der Waals surface area contributed by atoms with E-state index in [-0.39, 0.29) is 12.1 Å². The summed E-state index contributed by atoms with van der Waals surface area (Å²) in [7, 11) is 0. The van der Waals surface area contributed by atoms with Gasteiger partial charge in [0.25, 0.3) is 0 Å². The van der Waals surface area contributed by atoms with Crippen molar-refractivity contribution < 1.29 is 0 Å². The first-order valence-electron chi connectivity index (χ1n) is 11.0. The van der Waals surface area contributed by atoms with E-state index in [0.717, 1.165) is 17.1 Å². The van der Waals surface area contributed by atoms with Crippen LogP contribution in [0, 0.1) is 20.8 Å². The van der Waals surface area contributed by atoms with Gasteiger partial charge < -0.3 is 14.8 Å². The quantitative estimate of drug-likeness (QED) is 0.338. The maximum absolute atomic E-state index is 6.18. The van der Waals surface area contributed by atoms with Crippen LogP contribution in [0.25, 0.3) is 5.69 Å². The molecule has 166 valence electrons. The third kappa shape index (κ3) is 3.92. The van der Waals surface area contributed by atoms with Gasteiger partial charge >= 0.3 is 0 Å². The van der Waals surface area contributed by atoms with Crippen LogP contribution in [0.2, 0.25) is 5.02 Å². The Hall–Kier alpha value is -3.15. The molecule has 0 unspecified atom stereocenters. The van der Waals surface area contributed by atoms with Gasteiger partial charge in [-0.1, -0.05) is 29.8 Å². The first kappa shape index (κ1) is 21.7. The molecule has 2 atom stereocenters. The van der Waals surface area contributed by atoms with Crippen LogP contribution in [0.15, 0.2) is 79.0 Å². The third-order valence-corrected chi connectivity index (χ3v) is 6.82. The Kier molecular flexibility index (Phi) is 5.69. The molecule has 0 bridgehead atoms. The Bertz CT molecular complexity index is 1310. The molecule has 5 rings (SSSR count). The molecule has 1 saturated heterocycles. The monoisotopic (exact) mass is 472 g/mol. The lowest BCUT2D eigenvalue weighted by atomic mass is 9.96. The van der Waals surface area contributed by atoms with Gasteiger partial charge in [0, 0.05) is 34.0 Å². The first-order valence-corrected chi connectivity index (χ1v) is 11.7. The van der Waals surface area contributed by atoms with E-state index in [1.165, 1.54) is 22.5 Å². The van der Waals surface area contributed by atoms with Crippen molar-refractivity contribution in [2.75, 3.05) is 4.90 Å². The molecule has 4 nitrogen and oxygen atoms in total. The molecular weight excluding hydrogens is 448 g/mol. The number of benzene rings is 2. The standard InChI is InChI=1S/C27H25ClN4S/c1-17-7-6-8-22(15-17)31-18(2)16-23(19(31)3)26-25(24-9-4-5-14-29-24)30-27(33)32(26)21-12-10-20(28)11-13-21/h4-16,25-26H,1-3H3,(H,30,33)/t25-,26-/m1/s1. The van der Waals surface area contributed by atoms with Crippen LogP contribution in [0.4, 0.5) is 5.69 Å². The zero-order chi connectivity index (χ0) is 23.1. The summed E-state index contributed by atoms with van der Waals surface area (Å²) in [5, 5.41) is 4.92. The van der Waals surface area contributed by atoms with Crippen molar-refractivity contribution in [2.45, 2.75) is 32.9 Å². The normalized spacial score (nSPS) is 17.9. The third-order valence-electron chi connectivity index (χ3n) is 6.25. The van der Waals surface area contributed by atoms with E-state index >= 15 is 0 Å². The summed E-state index contributed by atoms with van der Waals surface area (Å²) in [6.07, 6.45) is 1.83. The van der Waals surface area contributed by atoms with Gasteiger partial charge in [0.15, 0.2) is 5.11 Å². The van der Waals surface area contributed by atoms with Gasteiger partial charge in [-0.05, 0) is 98.7 Å². The van der Waals surface area contributed by atoms with Crippen molar-refractivity contribution in [3.8, 4) is 5.69 Å². The molecule has 33 heavy (non-hydrogen) atoms. The number of pyridine rings is 1. The fourth-order valence-electron chi connectivity index (χ4n) is 4.80. The van der Waals surface area contributed by atoms with Crippen molar-refractivity contribution in [3.05, 3.63) is 112 Å². The molecule has 2 aromatic heterocycles. The number of nitrogens with zero attached hydrogens (tertiary/aromatic N) is 3. The van der Waals surface area contributed by atoms with E-state index in [0.29, 0.717) is 10.1 Å². The van der Waals surface area contributed by atoms with Gasteiger partial charge in [0.05, 0.1) is 17.8 Å². The van der Waals surface area contributed by atoms with Gasteiger partial charge in [-0.25, -0.2) is 0 Å². The molecule has 1 N–H and O–H groups in total. The van der Waals surface area contributed by atoms with Crippen LogP contribution in [0.5, 0.6) is 0 Å². The van der Waals surface area contributed by atoms with E-state index in [2.05, 4.69) is 76.9 Å². The van der Waals surface area contributed by atoms with Crippen molar-refractivity contribution in [1.82, 2.24) is 14.9 Å². The summed E-state index contributed by atoms with van der Waals surface area (Å²) in [6, 6.07) is 24.6. The Morgan fingerprint density at radius 3 is 2.39 bits per heavy atom. The number of nitrogens with one attached hydrogen (secondary N) is 1. The minimum absolute atomic E-state index is 0.0571. The number of rotatable bonds is 4. The second-order valence-electron chi connectivity index (χ2n) is 8.47. The smallest absolute Gasteiger partial charge is 0.174 e. The van der Waals surface area contributed by atoms with Crippen LogP contribution in [0.3, 0.4) is 0 Å². The minimum Gasteiger partial charge on any atom is -0.351 e. The molecule has 1 aliphatic rings. The Balaban J connectivity index is 1.68. The van der Waals surface area contributed by atoms with Crippen LogP contribution in [-0.4, -0.2) is 14.7 Å². The van der Waals surface area contributed by atoms with E-state index < -0.39 is 0 Å². The number of thiocarbonyl (C=S) groups is 1. The summed E-state index contributed by atoms with van der Waals surface area (Å²) in [6.45, 7) is 6.46. The molecule has 1 fully saturated rings. The molecule has 6 heteroatoms. The Morgan fingerprint density at radius 1 is 0.909 bits per heavy atom. The lowest BCUT2D eigenvalue weighted by molar-refractivity contribution is 0.565. The predicted octanol–water partition coefficient (Wildman–Crippen LogP) is 6.63. The number of anilines is 1. The number of aryl methyl sites for hydroxylation is 2. The molecule has 0 radical (unpaired) electrons. The summed E-state index contributed by atoms with van der Waals surface area (Å²) in [5.41, 5.74) is 7.95.